The third-order valence-electron chi connectivity index (χ3n) is 3.86. The van der Waals surface area contributed by atoms with Gasteiger partial charge in [-0.2, -0.15) is 0 Å². The Morgan fingerprint density at radius 3 is 2.52 bits per heavy atom. The van der Waals surface area contributed by atoms with Crippen molar-refractivity contribution < 1.29 is 14.7 Å². The maximum atomic E-state index is 12.1. The highest BCUT2D eigenvalue weighted by atomic mass is 32.1. The molecule has 21 heavy (non-hydrogen) atoms. The Balaban J connectivity index is 1.95. The number of aryl methyl sites for hydroxylation is 2. The first-order valence-electron chi connectivity index (χ1n) is 7.06. The molecule has 7 heteroatoms. The molecule has 0 saturated heterocycles. The molecule has 0 aliphatic heterocycles. The summed E-state index contributed by atoms with van der Waals surface area (Å²) in [7, 11) is 0. The highest BCUT2D eigenvalue weighted by Gasteiger charge is 2.40. The van der Waals surface area contributed by atoms with E-state index in [-0.39, 0.29) is 18.5 Å². The van der Waals surface area contributed by atoms with Crippen LogP contribution >= 0.6 is 11.3 Å². The van der Waals surface area contributed by atoms with Crippen LogP contribution in [0.3, 0.4) is 0 Å². The molecule has 116 valence electrons. The fraction of sp³-hybridized carbons (Fsp3) is 0.643. The van der Waals surface area contributed by atoms with Crippen LogP contribution in [0, 0.1) is 13.8 Å². The fourth-order valence-electron chi connectivity index (χ4n) is 2.73. The van der Waals surface area contributed by atoms with Gasteiger partial charge in [-0.3, -0.25) is 4.79 Å². The maximum Gasteiger partial charge on any atom is 0.315 e. The zero-order valence-electron chi connectivity index (χ0n) is 12.5. The van der Waals surface area contributed by atoms with Crippen LogP contribution in [0.5, 0.6) is 0 Å². The first-order chi connectivity index (χ1) is 9.81. The lowest BCUT2D eigenvalue weighted by atomic mass is 9.74. The van der Waals surface area contributed by atoms with Gasteiger partial charge in [0.2, 0.25) is 0 Å². The second kappa shape index (κ2) is 6.01. The van der Waals surface area contributed by atoms with Gasteiger partial charge in [-0.1, -0.05) is 0 Å². The molecule has 0 aromatic carbocycles. The number of carbonyl (C=O) groups is 2. The number of carboxylic acid groups (broad SMARTS) is 1. The quantitative estimate of drug-likeness (QED) is 0.779. The number of hydrogen-bond acceptors (Lipinski definition) is 4. The molecule has 1 heterocycles. The van der Waals surface area contributed by atoms with Crippen molar-refractivity contribution in [2.45, 2.75) is 58.0 Å². The van der Waals surface area contributed by atoms with Gasteiger partial charge >= 0.3 is 12.0 Å². The Labute approximate surface area is 128 Å². The summed E-state index contributed by atoms with van der Waals surface area (Å²) < 4.78 is 0. The van der Waals surface area contributed by atoms with E-state index in [1.165, 1.54) is 0 Å². The molecule has 0 radical (unpaired) electrons. The molecule has 0 spiro atoms. The van der Waals surface area contributed by atoms with E-state index in [2.05, 4.69) is 15.6 Å². The number of hydrogen-bond donors (Lipinski definition) is 3. The minimum Gasteiger partial charge on any atom is -0.481 e. The average Bonchev–Trinajstić information content (AvgIpc) is 2.64. The molecule has 1 aromatic heterocycles. The zero-order chi connectivity index (χ0) is 15.6. The predicted octanol–water partition coefficient (Wildman–Crippen LogP) is 2.52. The molecule has 3 N–H and O–H groups in total. The van der Waals surface area contributed by atoms with Crippen LogP contribution in [0.4, 0.5) is 4.79 Å². The van der Waals surface area contributed by atoms with E-state index in [9.17, 15) is 9.59 Å². The molecule has 2 amide bonds. The summed E-state index contributed by atoms with van der Waals surface area (Å²) in [5, 5.41) is 15.6. The molecular weight excluding hydrogens is 290 g/mol. The SMILES string of the molecule is Cc1nc(C)c(C(C)NC(=O)NC2(CC(=O)O)CCC2)s1. The number of rotatable bonds is 5. The number of thiazole rings is 1. The Morgan fingerprint density at radius 2 is 2.10 bits per heavy atom. The molecule has 1 aliphatic carbocycles. The van der Waals surface area contributed by atoms with E-state index < -0.39 is 11.5 Å². The number of carboxylic acids is 1. The molecule has 1 aromatic rings. The lowest BCUT2D eigenvalue weighted by Crippen LogP contribution is -2.57. The van der Waals surface area contributed by atoms with Crippen LogP contribution in [0.1, 0.15) is 54.2 Å². The van der Waals surface area contributed by atoms with Gasteiger partial charge < -0.3 is 15.7 Å². The van der Waals surface area contributed by atoms with Gasteiger partial charge in [0.05, 0.1) is 28.7 Å². The predicted molar refractivity (Wildman–Crippen MR) is 80.5 cm³/mol. The molecule has 1 saturated carbocycles. The zero-order valence-corrected chi connectivity index (χ0v) is 13.3. The van der Waals surface area contributed by atoms with Gasteiger partial charge in [-0.05, 0) is 40.0 Å². The average molecular weight is 311 g/mol. The Kier molecular flexibility index (Phi) is 4.51. The topological polar surface area (TPSA) is 91.3 Å². The van der Waals surface area contributed by atoms with E-state index in [1.54, 1.807) is 11.3 Å². The lowest BCUT2D eigenvalue weighted by Gasteiger charge is -2.41. The Bertz CT molecular complexity index is 552. The molecular formula is C14H21N3O3S. The summed E-state index contributed by atoms with van der Waals surface area (Å²) in [6.45, 7) is 5.76. The van der Waals surface area contributed by atoms with E-state index in [4.69, 9.17) is 5.11 Å². The van der Waals surface area contributed by atoms with E-state index in [0.29, 0.717) is 0 Å². The van der Waals surface area contributed by atoms with Crippen molar-refractivity contribution in [2.75, 3.05) is 0 Å². The fourth-order valence-corrected chi connectivity index (χ4v) is 3.66. The van der Waals surface area contributed by atoms with Crippen molar-refractivity contribution in [3.8, 4) is 0 Å². The summed E-state index contributed by atoms with van der Waals surface area (Å²) in [6.07, 6.45) is 2.38. The number of aromatic nitrogens is 1. The van der Waals surface area contributed by atoms with Crippen LogP contribution in [-0.4, -0.2) is 27.6 Å². The summed E-state index contributed by atoms with van der Waals surface area (Å²) in [5.41, 5.74) is 0.350. The number of aliphatic carboxylic acids is 1. The largest absolute Gasteiger partial charge is 0.481 e. The third kappa shape index (κ3) is 3.72. The minimum absolute atomic E-state index is 0.0203. The van der Waals surface area contributed by atoms with Crippen LogP contribution in [0.15, 0.2) is 0 Å². The van der Waals surface area contributed by atoms with E-state index in [1.807, 2.05) is 20.8 Å². The van der Waals surface area contributed by atoms with Crippen molar-refractivity contribution in [3.05, 3.63) is 15.6 Å². The first-order valence-corrected chi connectivity index (χ1v) is 7.87. The van der Waals surface area contributed by atoms with Gasteiger partial charge in [0.25, 0.3) is 0 Å². The number of nitrogens with one attached hydrogen (secondary N) is 2. The van der Waals surface area contributed by atoms with Crippen molar-refractivity contribution in [2.24, 2.45) is 0 Å². The van der Waals surface area contributed by atoms with Gasteiger partial charge in [0.15, 0.2) is 0 Å². The van der Waals surface area contributed by atoms with Crippen molar-refractivity contribution >= 4 is 23.3 Å². The van der Waals surface area contributed by atoms with Gasteiger partial charge in [-0.25, -0.2) is 9.78 Å². The van der Waals surface area contributed by atoms with Crippen LogP contribution < -0.4 is 10.6 Å². The number of nitrogens with zero attached hydrogens (tertiary/aromatic N) is 1. The summed E-state index contributed by atoms with van der Waals surface area (Å²) in [6, 6.07) is -0.452. The number of amides is 2. The van der Waals surface area contributed by atoms with Gasteiger partial charge in [0, 0.05) is 4.88 Å². The second-order valence-corrected chi connectivity index (χ2v) is 6.94. The molecule has 1 fully saturated rings. The Morgan fingerprint density at radius 1 is 1.43 bits per heavy atom. The van der Waals surface area contributed by atoms with E-state index in [0.717, 1.165) is 34.8 Å². The molecule has 1 atom stereocenters. The Hall–Kier alpha value is -1.63. The second-order valence-electron chi connectivity index (χ2n) is 5.71. The highest BCUT2D eigenvalue weighted by molar-refractivity contribution is 7.11. The van der Waals surface area contributed by atoms with Gasteiger partial charge in [-0.15, -0.1) is 11.3 Å². The maximum absolute atomic E-state index is 12.1. The van der Waals surface area contributed by atoms with Crippen molar-refractivity contribution in [1.82, 2.24) is 15.6 Å². The molecule has 1 unspecified atom stereocenters. The van der Waals surface area contributed by atoms with Gasteiger partial charge in [0.1, 0.15) is 0 Å². The minimum atomic E-state index is -0.878. The normalized spacial score (nSPS) is 17.7. The monoisotopic (exact) mass is 311 g/mol. The van der Waals surface area contributed by atoms with Crippen LogP contribution in [0.25, 0.3) is 0 Å². The third-order valence-corrected chi connectivity index (χ3v) is 5.11. The highest BCUT2D eigenvalue weighted by Crippen LogP contribution is 2.35. The number of urea groups is 1. The molecule has 6 nitrogen and oxygen atoms in total. The lowest BCUT2D eigenvalue weighted by molar-refractivity contribution is -0.139. The van der Waals surface area contributed by atoms with Crippen LogP contribution in [-0.2, 0) is 4.79 Å². The van der Waals surface area contributed by atoms with Crippen LogP contribution in [0.2, 0.25) is 0 Å². The van der Waals surface area contributed by atoms with Crippen molar-refractivity contribution in [1.29, 1.82) is 0 Å². The first kappa shape index (κ1) is 15.8. The smallest absolute Gasteiger partial charge is 0.315 e. The number of carbonyl (C=O) groups excluding carboxylic acids is 1. The summed E-state index contributed by atoms with van der Waals surface area (Å²) >= 11 is 1.57. The molecule has 2 rings (SSSR count). The standard InChI is InChI=1S/C14H21N3O3S/c1-8-12(21-10(3)15-8)9(2)16-13(20)17-14(5-4-6-14)7-11(18)19/h9H,4-7H2,1-3H3,(H,18,19)(H2,16,17,20). The summed E-state index contributed by atoms with van der Waals surface area (Å²) in [4.78, 5) is 28.4. The molecule has 0 bridgehead atoms. The summed E-state index contributed by atoms with van der Waals surface area (Å²) in [5.74, 6) is -0.878. The van der Waals surface area contributed by atoms with Crippen molar-refractivity contribution in [3.63, 3.8) is 0 Å². The van der Waals surface area contributed by atoms with E-state index >= 15 is 0 Å². The molecule has 1 aliphatic rings.